The van der Waals surface area contributed by atoms with E-state index in [2.05, 4.69) is 15.3 Å². The summed E-state index contributed by atoms with van der Waals surface area (Å²) in [4.78, 5) is 8.81. The van der Waals surface area contributed by atoms with Crippen LogP contribution in [0.1, 0.15) is 5.69 Å². The van der Waals surface area contributed by atoms with Crippen molar-refractivity contribution in [1.82, 2.24) is 9.97 Å². The lowest BCUT2D eigenvalue weighted by atomic mass is 10.2. The maximum absolute atomic E-state index is 6.19. The third-order valence-electron chi connectivity index (χ3n) is 2.52. The highest BCUT2D eigenvalue weighted by atomic mass is 35.5. The van der Waals surface area contributed by atoms with Crippen molar-refractivity contribution in [1.29, 1.82) is 0 Å². The lowest BCUT2D eigenvalue weighted by Crippen LogP contribution is -2.02. The van der Waals surface area contributed by atoms with Crippen molar-refractivity contribution in [3.63, 3.8) is 0 Å². The zero-order valence-electron chi connectivity index (χ0n) is 10.6. The molecule has 0 aliphatic rings. The molecule has 0 atom stereocenters. The molecule has 1 aromatic carbocycles. The molecule has 0 saturated carbocycles. The zero-order chi connectivity index (χ0) is 13.8. The number of ether oxygens (including phenoxy) is 1. The third-order valence-corrected chi connectivity index (χ3v) is 3.34. The highest BCUT2D eigenvalue weighted by molar-refractivity contribution is 6.43. The Morgan fingerprint density at radius 1 is 1.26 bits per heavy atom. The van der Waals surface area contributed by atoms with Gasteiger partial charge in [0.15, 0.2) is 5.82 Å². The summed E-state index contributed by atoms with van der Waals surface area (Å²) in [6.07, 6.45) is 0. The van der Waals surface area contributed by atoms with Gasteiger partial charge in [0.2, 0.25) is 0 Å². The van der Waals surface area contributed by atoms with Crippen molar-refractivity contribution in [2.24, 2.45) is 0 Å². The molecule has 0 unspecified atom stereocenters. The van der Waals surface area contributed by atoms with E-state index < -0.39 is 0 Å². The molecule has 1 N–H and O–H groups in total. The van der Waals surface area contributed by atoms with Gasteiger partial charge in [-0.2, -0.15) is 0 Å². The van der Waals surface area contributed by atoms with Crippen molar-refractivity contribution in [2.75, 3.05) is 19.5 Å². The molecular weight excluding hydrogens is 285 g/mol. The molecule has 1 aromatic heterocycles. The maximum Gasteiger partial charge on any atom is 0.163 e. The van der Waals surface area contributed by atoms with Crippen LogP contribution in [0.3, 0.4) is 0 Å². The van der Waals surface area contributed by atoms with Crippen LogP contribution in [0.2, 0.25) is 10.0 Å². The lowest BCUT2D eigenvalue weighted by molar-refractivity contribution is 0.181. The van der Waals surface area contributed by atoms with Crippen LogP contribution in [0.5, 0.6) is 0 Å². The van der Waals surface area contributed by atoms with Crippen LogP contribution in [0, 0.1) is 0 Å². The standard InChI is InChI=1S/C13H13Cl2N3O/c1-16-11-6-8(7-19-2)17-13(18-11)9-4-3-5-10(14)12(9)15/h3-6H,7H2,1-2H3,(H,16,17,18). The smallest absolute Gasteiger partial charge is 0.163 e. The summed E-state index contributed by atoms with van der Waals surface area (Å²) >= 11 is 12.2. The second-order valence-electron chi connectivity index (χ2n) is 3.85. The summed E-state index contributed by atoms with van der Waals surface area (Å²) in [6, 6.07) is 7.20. The summed E-state index contributed by atoms with van der Waals surface area (Å²) in [7, 11) is 3.41. The second-order valence-corrected chi connectivity index (χ2v) is 4.64. The molecule has 2 rings (SSSR count). The molecule has 100 valence electrons. The number of methoxy groups -OCH3 is 1. The van der Waals surface area contributed by atoms with Crippen LogP contribution in [0.4, 0.5) is 5.82 Å². The molecule has 4 nitrogen and oxygen atoms in total. The molecule has 0 bridgehead atoms. The predicted molar refractivity (Wildman–Crippen MR) is 77.7 cm³/mol. The number of nitrogens with zero attached hydrogens (tertiary/aromatic N) is 2. The average molecular weight is 298 g/mol. The molecule has 2 aromatic rings. The Balaban J connectivity index is 2.54. The number of aromatic nitrogens is 2. The van der Waals surface area contributed by atoms with Gasteiger partial charge >= 0.3 is 0 Å². The van der Waals surface area contributed by atoms with E-state index in [1.807, 2.05) is 18.2 Å². The molecule has 0 aliphatic heterocycles. The van der Waals surface area contributed by atoms with Gasteiger partial charge in [-0.1, -0.05) is 29.3 Å². The Hall–Kier alpha value is -1.36. The van der Waals surface area contributed by atoms with E-state index >= 15 is 0 Å². The average Bonchev–Trinajstić information content (AvgIpc) is 2.42. The quantitative estimate of drug-likeness (QED) is 0.936. The van der Waals surface area contributed by atoms with Crippen LogP contribution in [-0.2, 0) is 11.3 Å². The number of anilines is 1. The molecule has 0 fully saturated rings. The van der Waals surface area contributed by atoms with Gasteiger partial charge in [0, 0.05) is 25.8 Å². The van der Waals surface area contributed by atoms with Gasteiger partial charge in [0.25, 0.3) is 0 Å². The second kappa shape index (κ2) is 6.19. The van der Waals surface area contributed by atoms with Gasteiger partial charge in [-0.05, 0) is 12.1 Å². The van der Waals surface area contributed by atoms with Gasteiger partial charge < -0.3 is 10.1 Å². The van der Waals surface area contributed by atoms with Gasteiger partial charge in [0.1, 0.15) is 5.82 Å². The molecule has 0 saturated heterocycles. The predicted octanol–water partition coefficient (Wildman–Crippen LogP) is 3.64. The molecular formula is C13H13Cl2N3O. The molecule has 6 heteroatoms. The van der Waals surface area contributed by atoms with Crippen LogP contribution >= 0.6 is 23.2 Å². The van der Waals surface area contributed by atoms with Crippen LogP contribution in [0.25, 0.3) is 11.4 Å². The number of rotatable bonds is 4. The van der Waals surface area contributed by atoms with Gasteiger partial charge in [-0.15, -0.1) is 0 Å². The first-order valence-corrected chi connectivity index (χ1v) is 6.40. The molecule has 0 aliphatic carbocycles. The largest absolute Gasteiger partial charge is 0.378 e. The Bertz CT molecular complexity index is 590. The first kappa shape index (κ1) is 14.1. The topological polar surface area (TPSA) is 47.0 Å². The minimum atomic E-state index is 0.405. The van der Waals surface area contributed by atoms with Crippen molar-refractivity contribution in [3.05, 3.63) is 40.0 Å². The van der Waals surface area contributed by atoms with E-state index in [0.29, 0.717) is 33.9 Å². The number of hydrogen-bond donors (Lipinski definition) is 1. The first-order chi connectivity index (χ1) is 9.15. The summed E-state index contributed by atoms with van der Waals surface area (Å²) in [6.45, 7) is 0.405. The van der Waals surface area contributed by atoms with E-state index in [-0.39, 0.29) is 0 Å². The maximum atomic E-state index is 6.19. The van der Waals surface area contributed by atoms with E-state index in [0.717, 1.165) is 5.69 Å². The lowest BCUT2D eigenvalue weighted by Gasteiger charge is -2.09. The van der Waals surface area contributed by atoms with Gasteiger partial charge in [-0.25, -0.2) is 9.97 Å². The van der Waals surface area contributed by atoms with Gasteiger partial charge in [0.05, 0.1) is 22.3 Å². The van der Waals surface area contributed by atoms with Crippen LogP contribution < -0.4 is 5.32 Å². The fourth-order valence-electron chi connectivity index (χ4n) is 1.64. The Kier molecular flexibility index (Phi) is 4.58. The van der Waals surface area contributed by atoms with E-state index in [1.54, 1.807) is 20.2 Å². The van der Waals surface area contributed by atoms with Gasteiger partial charge in [-0.3, -0.25) is 0 Å². The monoisotopic (exact) mass is 297 g/mol. The molecule has 0 radical (unpaired) electrons. The fourth-order valence-corrected chi connectivity index (χ4v) is 2.03. The van der Waals surface area contributed by atoms with Crippen molar-refractivity contribution in [2.45, 2.75) is 6.61 Å². The Labute approximate surface area is 121 Å². The Morgan fingerprint density at radius 2 is 2.05 bits per heavy atom. The first-order valence-electron chi connectivity index (χ1n) is 5.64. The minimum absolute atomic E-state index is 0.405. The van der Waals surface area contributed by atoms with E-state index in [1.165, 1.54) is 0 Å². The van der Waals surface area contributed by atoms with Crippen LogP contribution in [0.15, 0.2) is 24.3 Å². The molecule has 1 heterocycles. The summed E-state index contributed by atoms with van der Waals surface area (Å²) < 4.78 is 5.10. The summed E-state index contributed by atoms with van der Waals surface area (Å²) in [5, 5.41) is 3.91. The van der Waals surface area contributed by atoms with Crippen molar-refractivity contribution >= 4 is 29.0 Å². The molecule has 0 spiro atoms. The number of nitrogens with one attached hydrogen (secondary N) is 1. The number of hydrogen-bond acceptors (Lipinski definition) is 4. The SMILES string of the molecule is CNc1cc(COC)nc(-c2cccc(Cl)c2Cl)n1. The summed E-state index contributed by atoms with van der Waals surface area (Å²) in [5.74, 6) is 1.22. The number of halogens is 2. The summed E-state index contributed by atoms with van der Waals surface area (Å²) in [5.41, 5.74) is 1.47. The van der Waals surface area contributed by atoms with E-state index in [4.69, 9.17) is 27.9 Å². The Morgan fingerprint density at radius 3 is 2.74 bits per heavy atom. The highest BCUT2D eigenvalue weighted by Crippen LogP contribution is 2.32. The minimum Gasteiger partial charge on any atom is -0.378 e. The van der Waals surface area contributed by atoms with E-state index in [9.17, 15) is 0 Å². The molecule has 0 amide bonds. The van der Waals surface area contributed by atoms with Crippen LogP contribution in [-0.4, -0.2) is 24.1 Å². The number of benzene rings is 1. The van der Waals surface area contributed by atoms with Crippen molar-refractivity contribution in [3.8, 4) is 11.4 Å². The zero-order valence-corrected chi connectivity index (χ0v) is 12.1. The molecule has 19 heavy (non-hydrogen) atoms. The fraction of sp³-hybridized carbons (Fsp3) is 0.231. The normalized spacial score (nSPS) is 10.5. The third kappa shape index (κ3) is 3.15. The van der Waals surface area contributed by atoms with Crippen molar-refractivity contribution < 1.29 is 4.74 Å². The highest BCUT2D eigenvalue weighted by Gasteiger charge is 2.11.